The Kier molecular flexibility index (Phi) is 6.84. The van der Waals surface area contributed by atoms with E-state index in [0.29, 0.717) is 5.75 Å². The van der Waals surface area contributed by atoms with E-state index in [1.165, 1.54) is 36.6 Å². The summed E-state index contributed by atoms with van der Waals surface area (Å²) in [7, 11) is 1.38. The van der Waals surface area contributed by atoms with E-state index in [2.05, 4.69) is 10.3 Å². The van der Waals surface area contributed by atoms with Crippen LogP contribution >= 0.6 is 11.3 Å². The maximum Gasteiger partial charge on any atom is 0.326 e. The van der Waals surface area contributed by atoms with Gasteiger partial charge in [0.25, 0.3) is 5.91 Å². The van der Waals surface area contributed by atoms with Crippen LogP contribution in [0.15, 0.2) is 29.1 Å². The average molecular weight is 386 g/mol. The van der Waals surface area contributed by atoms with Gasteiger partial charge in [0.2, 0.25) is 6.43 Å². The van der Waals surface area contributed by atoms with Crippen molar-refractivity contribution in [1.29, 1.82) is 0 Å². The number of carboxylic acids is 1. The number of carbonyl (C=O) groups is 2. The third kappa shape index (κ3) is 5.38. The Balaban J connectivity index is 2.09. The minimum absolute atomic E-state index is 0.0587. The first-order chi connectivity index (χ1) is 12.4. The number of amides is 1. The van der Waals surface area contributed by atoms with Crippen molar-refractivity contribution in [2.75, 3.05) is 7.11 Å². The Labute approximate surface area is 151 Å². The van der Waals surface area contributed by atoms with Gasteiger partial charge < -0.3 is 19.9 Å². The zero-order valence-electron chi connectivity index (χ0n) is 13.6. The summed E-state index contributed by atoms with van der Waals surface area (Å²) in [5.41, 5.74) is 2.46. The van der Waals surface area contributed by atoms with E-state index in [4.69, 9.17) is 14.6 Å². The fourth-order valence-corrected chi connectivity index (χ4v) is 2.57. The van der Waals surface area contributed by atoms with Gasteiger partial charge in [0.05, 0.1) is 18.3 Å². The van der Waals surface area contributed by atoms with Crippen molar-refractivity contribution in [3.63, 3.8) is 0 Å². The van der Waals surface area contributed by atoms with Gasteiger partial charge in [0.1, 0.15) is 12.6 Å². The largest absolute Gasteiger partial charge is 0.493 e. The summed E-state index contributed by atoms with van der Waals surface area (Å²) >= 11 is 1.43. The number of methoxy groups -OCH3 is 1. The smallest absolute Gasteiger partial charge is 0.326 e. The number of carbonyl (C=O) groups excluding carboxylic acids is 1. The number of rotatable bonds is 9. The molecule has 1 aromatic carbocycles. The van der Waals surface area contributed by atoms with Crippen LogP contribution in [0.3, 0.4) is 0 Å². The molecule has 0 radical (unpaired) electrons. The maximum absolute atomic E-state index is 12.4. The minimum Gasteiger partial charge on any atom is -0.493 e. The highest BCUT2D eigenvalue weighted by molar-refractivity contribution is 7.07. The summed E-state index contributed by atoms with van der Waals surface area (Å²) in [6.45, 7) is 0.209. The van der Waals surface area contributed by atoms with E-state index in [1.54, 1.807) is 5.51 Å². The number of aliphatic carboxylic acids is 1. The molecule has 0 bridgehead atoms. The lowest BCUT2D eigenvalue weighted by Gasteiger charge is -2.15. The van der Waals surface area contributed by atoms with Gasteiger partial charge in [0, 0.05) is 17.4 Å². The Hall–Kier alpha value is -2.75. The Morgan fingerprint density at radius 2 is 2.12 bits per heavy atom. The van der Waals surface area contributed by atoms with E-state index >= 15 is 0 Å². The quantitative estimate of drug-likeness (QED) is 0.687. The topological polar surface area (TPSA) is 97.8 Å². The summed E-state index contributed by atoms with van der Waals surface area (Å²) in [6.07, 6.45) is -3.83. The number of hydrogen-bond donors (Lipinski definition) is 2. The molecule has 1 aromatic heterocycles. The average Bonchev–Trinajstić information content (AvgIpc) is 3.12. The van der Waals surface area contributed by atoms with Crippen LogP contribution in [0.2, 0.25) is 0 Å². The monoisotopic (exact) mass is 386 g/mol. The van der Waals surface area contributed by atoms with Crippen LogP contribution in [0, 0.1) is 0 Å². The van der Waals surface area contributed by atoms with Gasteiger partial charge in [-0.3, -0.25) is 4.79 Å². The second-order valence-corrected chi connectivity index (χ2v) is 5.84. The summed E-state index contributed by atoms with van der Waals surface area (Å²) in [6, 6.07) is 2.51. The second-order valence-electron chi connectivity index (χ2n) is 5.13. The van der Waals surface area contributed by atoms with Crippen molar-refractivity contribution in [3.05, 3.63) is 40.3 Å². The molecule has 0 saturated heterocycles. The molecule has 0 saturated carbocycles. The molecule has 2 rings (SSSR count). The van der Waals surface area contributed by atoms with Crippen molar-refractivity contribution >= 4 is 23.2 Å². The molecule has 1 unspecified atom stereocenters. The van der Waals surface area contributed by atoms with Gasteiger partial charge in [0.15, 0.2) is 11.5 Å². The molecule has 1 atom stereocenters. The Morgan fingerprint density at radius 3 is 2.69 bits per heavy atom. The first-order valence-corrected chi connectivity index (χ1v) is 8.34. The molecule has 10 heteroatoms. The van der Waals surface area contributed by atoms with E-state index in [-0.39, 0.29) is 17.9 Å². The third-order valence-corrected chi connectivity index (χ3v) is 3.94. The number of nitrogens with one attached hydrogen (secondary N) is 1. The van der Waals surface area contributed by atoms with Crippen LogP contribution in [0.25, 0.3) is 0 Å². The molecule has 0 spiro atoms. The number of ether oxygens (including phenoxy) is 2. The number of hydrogen-bond acceptors (Lipinski definition) is 6. The molecular weight excluding hydrogens is 370 g/mol. The Morgan fingerprint density at radius 1 is 1.35 bits per heavy atom. The third-order valence-electron chi connectivity index (χ3n) is 3.30. The van der Waals surface area contributed by atoms with Gasteiger partial charge in [-0.1, -0.05) is 0 Å². The van der Waals surface area contributed by atoms with Gasteiger partial charge in [-0.05, 0) is 18.2 Å². The van der Waals surface area contributed by atoms with Gasteiger partial charge in [-0.15, -0.1) is 11.3 Å². The lowest BCUT2D eigenvalue weighted by atomic mass is 10.1. The van der Waals surface area contributed by atoms with Crippen LogP contribution in [-0.2, 0) is 11.4 Å². The van der Waals surface area contributed by atoms with Crippen LogP contribution in [-0.4, -0.2) is 41.5 Å². The van der Waals surface area contributed by atoms with Crippen molar-refractivity contribution in [1.82, 2.24) is 10.3 Å². The molecular formula is C16H16F2N2O5S. The highest BCUT2D eigenvalue weighted by Gasteiger charge is 2.25. The molecule has 1 heterocycles. The molecule has 0 fully saturated rings. The molecule has 0 aliphatic heterocycles. The minimum atomic E-state index is -2.85. The number of alkyl halides is 2. The van der Waals surface area contributed by atoms with Crippen molar-refractivity contribution in [3.8, 4) is 11.5 Å². The fourth-order valence-electron chi connectivity index (χ4n) is 2.03. The lowest BCUT2D eigenvalue weighted by molar-refractivity contribution is -0.140. The number of halogens is 2. The van der Waals surface area contributed by atoms with Gasteiger partial charge in [-0.2, -0.15) is 0 Å². The summed E-state index contributed by atoms with van der Waals surface area (Å²) in [4.78, 5) is 27.2. The molecule has 0 aliphatic carbocycles. The summed E-state index contributed by atoms with van der Waals surface area (Å²) in [5.74, 6) is -1.73. The second kappa shape index (κ2) is 9.09. The molecule has 7 nitrogen and oxygen atoms in total. The van der Waals surface area contributed by atoms with E-state index in [9.17, 15) is 18.4 Å². The normalized spacial score (nSPS) is 11.8. The van der Waals surface area contributed by atoms with Crippen LogP contribution in [0.4, 0.5) is 8.78 Å². The maximum atomic E-state index is 12.4. The van der Waals surface area contributed by atoms with Crippen molar-refractivity contribution in [2.24, 2.45) is 0 Å². The van der Waals surface area contributed by atoms with E-state index < -0.39 is 30.8 Å². The highest BCUT2D eigenvalue weighted by atomic mass is 32.1. The molecule has 26 heavy (non-hydrogen) atoms. The van der Waals surface area contributed by atoms with Crippen LogP contribution < -0.4 is 14.8 Å². The fraction of sp³-hybridized carbons (Fsp3) is 0.312. The number of aromatic nitrogens is 1. The van der Waals surface area contributed by atoms with Crippen LogP contribution in [0.5, 0.6) is 11.5 Å². The van der Waals surface area contributed by atoms with Gasteiger partial charge in [-0.25, -0.2) is 18.6 Å². The molecule has 0 aliphatic rings. The Bertz CT molecular complexity index is 755. The van der Waals surface area contributed by atoms with Crippen molar-refractivity contribution in [2.45, 2.75) is 25.5 Å². The number of nitrogens with zero attached hydrogens (tertiary/aromatic N) is 1. The number of benzene rings is 1. The number of thiazole rings is 1. The zero-order valence-corrected chi connectivity index (χ0v) is 14.5. The first-order valence-electron chi connectivity index (χ1n) is 7.40. The molecule has 2 aromatic rings. The van der Waals surface area contributed by atoms with E-state index in [0.717, 1.165) is 5.69 Å². The highest BCUT2D eigenvalue weighted by Crippen LogP contribution is 2.29. The molecule has 2 N–H and O–H groups in total. The molecule has 140 valence electrons. The predicted molar refractivity (Wildman–Crippen MR) is 89.0 cm³/mol. The van der Waals surface area contributed by atoms with Crippen molar-refractivity contribution < 1.29 is 33.0 Å². The predicted octanol–water partition coefficient (Wildman–Crippen LogP) is 2.57. The summed E-state index contributed by atoms with van der Waals surface area (Å²) < 4.78 is 35.6. The molecule has 1 amide bonds. The standard InChI is InChI=1S/C16H16F2N2O5S/c1-24-13-4-9(15(21)20-11(16(22)23)5-14(17)18)2-3-12(13)25-6-10-7-26-8-19-10/h2-4,7-8,11,14H,5-6H2,1H3,(H,20,21)(H,22,23). The van der Waals surface area contributed by atoms with Gasteiger partial charge >= 0.3 is 5.97 Å². The number of carboxylic acid groups (broad SMARTS) is 1. The zero-order chi connectivity index (χ0) is 19.1. The first kappa shape index (κ1) is 19.6. The summed E-state index contributed by atoms with van der Waals surface area (Å²) in [5, 5.41) is 12.8. The van der Waals surface area contributed by atoms with E-state index in [1.807, 2.05) is 5.38 Å². The SMILES string of the molecule is COc1cc(C(=O)NC(CC(F)F)C(=O)O)ccc1OCc1cscn1. The van der Waals surface area contributed by atoms with Crippen LogP contribution in [0.1, 0.15) is 22.5 Å². The lowest BCUT2D eigenvalue weighted by Crippen LogP contribution is -2.42.